The average Bonchev–Trinajstić information content (AvgIpc) is 2.89. The highest BCUT2D eigenvalue weighted by Gasteiger charge is 2.13. The lowest BCUT2D eigenvalue weighted by molar-refractivity contribution is 0.105. The van der Waals surface area contributed by atoms with Crippen LogP contribution in [0.5, 0.6) is 0 Å². The molecule has 0 aliphatic heterocycles. The number of aryl methyl sites for hydroxylation is 1. The van der Waals surface area contributed by atoms with Gasteiger partial charge in [-0.15, -0.1) is 5.10 Å². The van der Waals surface area contributed by atoms with Gasteiger partial charge in [0.05, 0.1) is 10.7 Å². The summed E-state index contributed by atoms with van der Waals surface area (Å²) in [7, 11) is 0. The maximum absolute atomic E-state index is 6.04. The SMILES string of the molecule is CC(C)COCCCn1nnnc1-c1cccc(Cl)c1N. The van der Waals surface area contributed by atoms with Crippen molar-refractivity contribution in [2.24, 2.45) is 5.92 Å². The van der Waals surface area contributed by atoms with Crippen LogP contribution >= 0.6 is 11.6 Å². The number of aromatic nitrogens is 4. The van der Waals surface area contributed by atoms with Crippen LogP contribution in [0, 0.1) is 5.92 Å². The Balaban J connectivity index is 2.00. The van der Waals surface area contributed by atoms with E-state index in [1.807, 2.05) is 12.1 Å². The van der Waals surface area contributed by atoms with E-state index in [-0.39, 0.29) is 0 Å². The van der Waals surface area contributed by atoms with Gasteiger partial charge < -0.3 is 10.5 Å². The largest absolute Gasteiger partial charge is 0.397 e. The summed E-state index contributed by atoms with van der Waals surface area (Å²) in [6, 6.07) is 5.44. The molecule has 21 heavy (non-hydrogen) atoms. The van der Waals surface area contributed by atoms with Crippen molar-refractivity contribution in [1.82, 2.24) is 20.2 Å². The van der Waals surface area contributed by atoms with E-state index < -0.39 is 0 Å². The fourth-order valence-corrected chi connectivity index (χ4v) is 2.09. The van der Waals surface area contributed by atoms with E-state index in [1.165, 1.54) is 0 Å². The lowest BCUT2D eigenvalue weighted by Gasteiger charge is -2.09. The number of para-hydroxylation sites is 1. The molecule has 1 heterocycles. The highest BCUT2D eigenvalue weighted by Crippen LogP contribution is 2.29. The van der Waals surface area contributed by atoms with E-state index in [0.29, 0.717) is 35.6 Å². The maximum Gasteiger partial charge on any atom is 0.184 e. The molecule has 0 aliphatic carbocycles. The molecule has 2 N–H and O–H groups in total. The summed E-state index contributed by atoms with van der Waals surface area (Å²) in [5.74, 6) is 1.17. The van der Waals surface area contributed by atoms with Gasteiger partial charge in [-0.25, -0.2) is 4.68 Å². The number of nitrogens with zero attached hydrogens (tertiary/aromatic N) is 4. The molecule has 0 spiro atoms. The Kier molecular flexibility index (Phi) is 5.52. The van der Waals surface area contributed by atoms with Crippen molar-refractivity contribution < 1.29 is 4.74 Å². The zero-order valence-electron chi connectivity index (χ0n) is 12.3. The number of tetrazole rings is 1. The lowest BCUT2D eigenvalue weighted by atomic mass is 10.1. The molecule has 0 saturated carbocycles. The molecule has 0 aliphatic rings. The fourth-order valence-electron chi connectivity index (χ4n) is 1.92. The van der Waals surface area contributed by atoms with E-state index in [4.69, 9.17) is 22.1 Å². The van der Waals surface area contributed by atoms with Gasteiger partial charge in [-0.1, -0.05) is 31.5 Å². The van der Waals surface area contributed by atoms with Crippen LogP contribution in [0.15, 0.2) is 18.2 Å². The number of anilines is 1. The molecule has 1 aromatic heterocycles. The van der Waals surface area contributed by atoms with E-state index in [9.17, 15) is 0 Å². The Morgan fingerprint density at radius 3 is 2.95 bits per heavy atom. The van der Waals surface area contributed by atoms with Gasteiger partial charge in [0, 0.05) is 25.3 Å². The minimum Gasteiger partial charge on any atom is -0.397 e. The molecule has 0 atom stereocenters. The number of hydrogen-bond donors (Lipinski definition) is 1. The molecular formula is C14H20ClN5O. The Hall–Kier alpha value is -1.66. The molecule has 0 unspecified atom stereocenters. The third kappa shape index (κ3) is 4.15. The van der Waals surface area contributed by atoms with Gasteiger partial charge in [0.15, 0.2) is 5.82 Å². The molecule has 0 amide bonds. The van der Waals surface area contributed by atoms with E-state index in [1.54, 1.807) is 10.7 Å². The summed E-state index contributed by atoms with van der Waals surface area (Å²) >= 11 is 6.04. The van der Waals surface area contributed by atoms with Gasteiger partial charge in [-0.2, -0.15) is 0 Å². The third-order valence-corrected chi connectivity index (χ3v) is 3.27. The van der Waals surface area contributed by atoms with Crippen molar-refractivity contribution in [3.63, 3.8) is 0 Å². The van der Waals surface area contributed by atoms with Crippen LogP contribution < -0.4 is 5.73 Å². The quantitative estimate of drug-likeness (QED) is 0.628. The number of rotatable bonds is 7. The first kappa shape index (κ1) is 15.7. The fraction of sp³-hybridized carbons (Fsp3) is 0.500. The second-order valence-corrected chi connectivity index (χ2v) is 5.66. The summed E-state index contributed by atoms with van der Waals surface area (Å²) in [6.45, 7) is 6.38. The molecule has 0 saturated heterocycles. The molecule has 2 rings (SSSR count). The van der Waals surface area contributed by atoms with E-state index in [0.717, 1.165) is 18.6 Å². The molecular weight excluding hydrogens is 290 g/mol. The standard InChI is InChI=1S/C14H20ClN5O/c1-10(2)9-21-8-4-7-20-14(17-18-19-20)11-5-3-6-12(15)13(11)16/h3,5-6,10H,4,7-9,16H2,1-2H3. The average molecular weight is 310 g/mol. The predicted molar refractivity (Wildman–Crippen MR) is 82.9 cm³/mol. The second kappa shape index (κ2) is 7.38. The van der Waals surface area contributed by atoms with Crippen molar-refractivity contribution in [2.45, 2.75) is 26.8 Å². The second-order valence-electron chi connectivity index (χ2n) is 5.25. The molecule has 114 valence electrons. The molecule has 2 aromatic rings. The van der Waals surface area contributed by atoms with Gasteiger partial charge in [-0.3, -0.25) is 0 Å². The van der Waals surface area contributed by atoms with Gasteiger partial charge in [-0.05, 0) is 34.9 Å². The topological polar surface area (TPSA) is 78.8 Å². The van der Waals surface area contributed by atoms with Crippen LogP contribution in [-0.2, 0) is 11.3 Å². The molecule has 1 aromatic carbocycles. The highest BCUT2D eigenvalue weighted by atomic mass is 35.5. The van der Waals surface area contributed by atoms with Gasteiger partial charge >= 0.3 is 0 Å². The summed E-state index contributed by atoms with van der Waals surface area (Å²) in [5, 5.41) is 12.3. The molecule has 0 radical (unpaired) electrons. The first-order chi connectivity index (χ1) is 10.1. The molecule has 7 heteroatoms. The third-order valence-electron chi connectivity index (χ3n) is 2.94. The predicted octanol–water partition coefficient (Wildman–Crippen LogP) is 2.64. The van der Waals surface area contributed by atoms with Crippen LogP contribution in [0.1, 0.15) is 20.3 Å². The van der Waals surface area contributed by atoms with Crippen LogP contribution in [0.4, 0.5) is 5.69 Å². The van der Waals surface area contributed by atoms with Crippen LogP contribution in [-0.4, -0.2) is 33.4 Å². The zero-order valence-corrected chi connectivity index (χ0v) is 13.0. The van der Waals surface area contributed by atoms with E-state index >= 15 is 0 Å². The summed E-state index contributed by atoms with van der Waals surface area (Å²) in [5.41, 5.74) is 7.22. The normalized spacial score (nSPS) is 11.2. The Morgan fingerprint density at radius 1 is 1.38 bits per heavy atom. The Bertz CT molecular complexity index is 584. The van der Waals surface area contributed by atoms with Gasteiger partial charge in [0.2, 0.25) is 0 Å². The first-order valence-electron chi connectivity index (χ1n) is 6.98. The van der Waals surface area contributed by atoms with Crippen LogP contribution in [0.3, 0.4) is 0 Å². The van der Waals surface area contributed by atoms with Crippen molar-refractivity contribution >= 4 is 17.3 Å². The molecule has 0 bridgehead atoms. The minimum absolute atomic E-state index is 0.492. The Labute approximate surface area is 129 Å². The minimum atomic E-state index is 0.492. The van der Waals surface area contributed by atoms with Crippen LogP contribution in [0.2, 0.25) is 5.02 Å². The van der Waals surface area contributed by atoms with Crippen LogP contribution in [0.25, 0.3) is 11.4 Å². The number of benzene rings is 1. The summed E-state index contributed by atoms with van der Waals surface area (Å²) in [6.07, 6.45) is 0.839. The summed E-state index contributed by atoms with van der Waals surface area (Å²) in [4.78, 5) is 0. The van der Waals surface area contributed by atoms with Crippen molar-refractivity contribution in [2.75, 3.05) is 18.9 Å². The number of nitrogens with two attached hydrogens (primary N) is 1. The van der Waals surface area contributed by atoms with Crippen molar-refractivity contribution in [3.05, 3.63) is 23.2 Å². The monoisotopic (exact) mass is 309 g/mol. The lowest BCUT2D eigenvalue weighted by Crippen LogP contribution is -2.09. The number of ether oxygens (including phenoxy) is 1. The molecule has 0 fully saturated rings. The number of hydrogen-bond acceptors (Lipinski definition) is 5. The smallest absolute Gasteiger partial charge is 0.184 e. The van der Waals surface area contributed by atoms with Gasteiger partial charge in [0.25, 0.3) is 0 Å². The highest BCUT2D eigenvalue weighted by molar-refractivity contribution is 6.33. The maximum atomic E-state index is 6.04. The van der Waals surface area contributed by atoms with Gasteiger partial charge in [0.1, 0.15) is 0 Å². The van der Waals surface area contributed by atoms with Crippen molar-refractivity contribution in [3.8, 4) is 11.4 Å². The molecule has 6 nitrogen and oxygen atoms in total. The number of nitrogen functional groups attached to an aromatic ring is 1. The number of halogens is 1. The Morgan fingerprint density at radius 2 is 2.19 bits per heavy atom. The summed E-state index contributed by atoms with van der Waals surface area (Å²) < 4.78 is 7.28. The van der Waals surface area contributed by atoms with Crippen molar-refractivity contribution in [1.29, 1.82) is 0 Å². The zero-order chi connectivity index (χ0) is 15.2. The van der Waals surface area contributed by atoms with E-state index in [2.05, 4.69) is 29.4 Å². The first-order valence-corrected chi connectivity index (χ1v) is 7.35.